The van der Waals surface area contributed by atoms with Crippen molar-refractivity contribution in [1.82, 2.24) is 14.3 Å². The van der Waals surface area contributed by atoms with Crippen molar-refractivity contribution in [3.63, 3.8) is 0 Å². The quantitative estimate of drug-likeness (QED) is 0.161. The van der Waals surface area contributed by atoms with Gasteiger partial charge in [0.25, 0.3) is 17.2 Å². The summed E-state index contributed by atoms with van der Waals surface area (Å²) in [7, 11) is 1.07. The fourth-order valence-corrected chi connectivity index (χ4v) is 5.36. The van der Waals surface area contributed by atoms with Gasteiger partial charge in [-0.15, -0.1) is 11.3 Å². The highest BCUT2D eigenvalue weighted by atomic mass is 35.5. The molecule has 0 saturated heterocycles. The maximum Gasteiger partial charge on any atom is 0.379 e. The van der Waals surface area contributed by atoms with Gasteiger partial charge in [-0.25, -0.2) is 4.79 Å². The number of hydrogen-bond donors (Lipinski definition) is 1. The molecule has 0 aliphatic carbocycles. The lowest BCUT2D eigenvalue weighted by atomic mass is 9.96. The number of hydrogen-bond acceptors (Lipinski definition) is 10. The van der Waals surface area contributed by atoms with Gasteiger partial charge in [0, 0.05) is 39.1 Å². The van der Waals surface area contributed by atoms with Crippen LogP contribution in [0.15, 0.2) is 52.1 Å². The zero-order valence-corrected chi connectivity index (χ0v) is 24.4. The summed E-state index contributed by atoms with van der Waals surface area (Å²) < 4.78 is 7.40. The van der Waals surface area contributed by atoms with Crippen LogP contribution < -0.4 is 10.9 Å². The van der Waals surface area contributed by atoms with Gasteiger partial charge in [-0.05, 0) is 29.6 Å². The second-order valence-electron chi connectivity index (χ2n) is 9.77. The summed E-state index contributed by atoms with van der Waals surface area (Å²) in [5, 5.41) is 11.0. The number of aromatic nitrogens is 3. The molecule has 0 saturated carbocycles. The Morgan fingerprint density at radius 3 is 2.45 bits per heavy atom. The van der Waals surface area contributed by atoms with E-state index in [1.165, 1.54) is 39.5 Å². The summed E-state index contributed by atoms with van der Waals surface area (Å²) in [5.74, 6) is -2.53. The second kappa shape index (κ2) is 11.7. The summed E-state index contributed by atoms with van der Waals surface area (Å²) in [6.07, 6.45) is 1.15. The van der Waals surface area contributed by atoms with Crippen LogP contribution in [0, 0.1) is 5.41 Å². The molecule has 1 N–H and O–H groups in total. The van der Waals surface area contributed by atoms with Crippen molar-refractivity contribution < 1.29 is 23.9 Å². The van der Waals surface area contributed by atoms with E-state index in [0.717, 1.165) is 22.8 Å². The molecule has 0 fully saturated rings. The topological polar surface area (TPSA) is 129 Å². The lowest BCUT2D eigenvalue weighted by molar-refractivity contribution is -0.135. The average molecular weight is 601 g/mol. The largest absolute Gasteiger partial charge is 0.463 e. The maximum atomic E-state index is 13.6. The van der Waals surface area contributed by atoms with Crippen molar-refractivity contribution >= 4 is 63.5 Å². The predicted octanol–water partition coefficient (Wildman–Crippen LogP) is 5.03. The number of nitrogens with one attached hydrogen (secondary N) is 1. The summed E-state index contributed by atoms with van der Waals surface area (Å²) in [6, 6.07) is 7.95. The van der Waals surface area contributed by atoms with Crippen LogP contribution in [-0.4, -0.2) is 44.9 Å². The van der Waals surface area contributed by atoms with Crippen LogP contribution in [0.5, 0.6) is 0 Å². The molecule has 208 valence electrons. The van der Waals surface area contributed by atoms with E-state index in [0.29, 0.717) is 22.3 Å². The standard InChI is InChI=1S/C27H25ClN4O6S2/c1-27(2,3)26(37)32-22(29-11-17-5-6-21(28)40-17)10-19(30-32)18-9-16(23(34)25(36)38-4)12-31(24(18)35)13-20(33)15-7-8-39-14-15/h5-10,12,14,29H,11,13H2,1-4H3. The van der Waals surface area contributed by atoms with Crippen molar-refractivity contribution in [1.29, 1.82) is 0 Å². The molecule has 10 nitrogen and oxygen atoms in total. The van der Waals surface area contributed by atoms with Gasteiger partial charge in [0.05, 0.1) is 30.1 Å². The number of methoxy groups -OCH3 is 1. The van der Waals surface area contributed by atoms with Crippen molar-refractivity contribution in [3.8, 4) is 11.3 Å². The molecule has 0 atom stereocenters. The molecule has 40 heavy (non-hydrogen) atoms. The Labute approximate surface area is 242 Å². The number of Topliss-reactive ketones (excluding diaryl/α,β-unsaturated/α-hetero) is 2. The van der Waals surface area contributed by atoms with Crippen LogP contribution in [0.1, 0.15) is 51.2 Å². The number of esters is 1. The molecule has 0 amide bonds. The first kappa shape index (κ1) is 29.1. The summed E-state index contributed by atoms with van der Waals surface area (Å²) in [5.41, 5.74) is -1.21. The Balaban J connectivity index is 1.83. The third-order valence-corrected chi connectivity index (χ3v) is 7.68. The monoisotopic (exact) mass is 600 g/mol. The number of ether oxygens (including phenoxy) is 1. The number of halogens is 1. The van der Waals surface area contributed by atoms with Crippen LogP contribution in [0.2, 0.25) is 4.34 Å². The summed E-state index contributed by atoms with van der Waals surface area (Å²) in [6.45, 7) is 5.16. The van der Waals surface area contributed by atoms with Crippen molar-refractivity contribution in [2.75, 3.05) is 12.4 Å². The Bertz CT molecular complexity index is 1660. The van der Waals surface area contributed by atoms with E-state index in [4.69, 9.17) is 11.6 Å². The van der Waals surface area contributed by atoms with E-state index >= 15 is 0 Å². The normalized spacial score (nSPS) is 11.3. The van der Waals surface area contributed by atoms with Crippen LogP contribution in [0.4, 0.5) is 5.82 Å². The molecule has 0 bridgehead atoms. The number of carbonyl (C=O) groups excluding carboxylic acids is 4. The third kappa shape index (κ3) is 6.30. The van der Waals surface area contributed by atoms with Crippen LogP contribution in [0.3, 0.4) is 0 Å². The fraction of sp³-hybridized carbons (Fsp3) is 0.259. The molecule has 0 aliphatic heterocycles. The molecule has 0 unspecified atom stereocenters. The summed E-state index contributed by atoms with van der Waals surface area (Å²) in [4.78, 5) is 65.3. The van der Waals surface area contributed by atoms with Gasteiger partial charge in [-0.3, -0.25) is 19.2 Å². The molecular weight excluding hydrogens is 576 g/mol. The first-order valence-corrected chi connectivity index (χ1v) is 14.1. The van der Waals surface area contributed by atoms with Crippen molar-refractivity contribution in [2.24, 2.45) is 5.41 Å². The summed E-state index contributed by atoms with van der Waals surface area (Å²) >= 11 is 8.74. The Hall–Kier alpha value is -3.87. The molecule has 4 heterocycles. The average Bonchev–Trinajstić information content (AvgIpc) is 3.68. The smallest absolute Gasteiger partial charge is 0.379 e. The van der Waals surface area contributed by atoms with Gasteiger partial charge >= 0.3 is 5.97 Å². The van der Waals surface area contributed by atoms with Gasteiger partial charge in [0.1, 0.15) is 11.5 Å². The molecule has 4 aromatic rings. The fourth-order valence-electron chi connectivity index (χ4n) is 3.68. The van der Waals surface area contributed by atoms with Crippen LogP contribution in [-0.2, 0) is 22.6 Å². The Morgan fingerprint density at radius 2 is 1.85 bits per heavy atom. The maximum absolute atomic E-state index is 13.6. The number of thiophene rings is 2. The third-order valence-electron chi connectivity index (χ3n) is 5.77. The van der Waals surface area contributed by atoms with Crippen molar-refractivity contribution in [2.45, 2.75) is 33.9 Å². The van der Waals surface area contributed by atoms with Crippen LogP contribution >= 0.6 is 34.3 Å². The zero-order chi connectivity index (χ0) is 29.2. The Morgan fingerprint density at radius 1 is 1.10 bits per heavy atom. The molecule has 0 aromatic carbocycles. The van der Waals surface area contributed by atoms with E-state index in [9.17, 15) is 24.0 Å². The number of nitrogens with zero attached hydrogens (tertiary/aromatic N) is 3. The molecule has 4 aromatic heterocycles. The molecule has 0 aliphatic rings. The minimum atomic E-state index is -1.13. The van der Waals surface area contributed by atoms with E-state index in [1.54, 1.807) is 43.7 Å². The predicted molar refractivity (Wildman–Crippen MR) is 154 cm³/mol. The van der Waals surface area contributed by atoms with Crippen LogP contribution in [0.25, 0.3) is 11.3 Å². The molecule has 13 heteroatoms. The van der Waals surface area contributed by atoms with Gasteiger partial charge in [0.15, 0.2) is 5.78 Å². The van der Waals surface area contributed by atoms with Gasteiger partial charge in [-0.2, -0.15) is 21.1 Å². The molecule has 0 spiro atoms. The minimum Gasteiger partial charge on any atom is -0.463 e. The Kier molecular flexibility index (Phi) is 8.52. The zero-order valence-electron chi connectivity index (χ0n) is 22.0. The first-order chi connectivity index (χ1) is 18.9. The van der Waals surface area contributed by atoms with E-state index in [1.807, 2.05) is 6.07 Å². The molecule has 4 rings (SSSR count). The second-order valence-corrected chi connectivity index (χ2v) is 12.4. The SMILES string of the molecule is COC(=O)C(=O)c1cc(-c2cc(NCc3ccc(Cl)s3)n(C(=O)C(C)(C)C)n2)c(=O)n(CC(=O)c2ccsc2)c1. The molecule has 0 radical (unpaired) electrons. The lowest BCUT2D eigenvalue weighted by Gasteiger charge is -2.18. The number of pyridine rings is 1. The van der Waals surface area contributed by atoms with Gasteiger partial charge in [-0.1, -0.05) is 32.4 Å². The van der Waals surface area contributed by atoms with Gasteiger partial charge < -0.3 is 14.6 Å². The van der Waals surface area contributed by atoms with Crippen molar-refractivity contribution in [3.05, 3.63) is 78.0 Å². The van der Waals surface area contributed by atoms with E-state index in [-0.39, 0.29) is 35.1 Å². The number of ketones is 2. The highest BCUT2D eigenvalue weighted by molar-refractivity contribution is 7.16. The van der Waals surface area contributed by atoms with E-state index in [2.05, 4.69) is 15.2 Å². The van der Waals surface area contributed by atoms with Gasteiger partial charge in [0.2, 0.25) is 0 Å². The number of carbonyl (C=O) groups is 4. The highest BCUT2D eigenvalue weighted by Crippen LogP contribution is 2.27. The highest BCUT2D eigenvalue weighted by Gasteiger charge is 2.28. The minimum absolute atomic E-state index is 0.0736. The van der Waals surface area contributed by atoms with E-state index < -0.39 is 22.7 Å². The number of rotatable bonds is 9. The number of anilines is 1. The lowest BCUT2D eigenvalue weighted by Crippen LogP contribution is -2.29. The first-order valence-electron chi connectivity index (χ1n) is 11.9. The molecular formula is C27H25ClN4O6S2.